The van der Waals surface area contributed by atoms with Gasteiger partial charge in [0.1, 0.15) is 5.82 Å². The van der Waals surface area contributed by atoms with Crippen molar-refractivity contribution in [1.29, 1.82) is 0 Å². The Morgan fingerprint density at radius 3 is 2.44 bits per heavy atom. The minimum absolute atomic E-state index is 0.0204. The molecular formula is C27H33FN4O2. The summed E-state index contributed by atoms with van der Waals surface area (Å²) in [6.07, 6.45) is 11.4. The van der Waals surface area contributed by atoms with Crippen molar-refractivity contribution < 1.29 is 14.3 Å². The second-order valence-electron chi connectivity index (χ2n) is 10.4. The van der Waals surface area contributed by atoms with Crippen LogP contribution in [-0.2, 0) is 5.54 Å². The predicted molar refractivity (Wildman–Crippen MR) is 130 cm³/mol. The highest BCUT2D eigenvalue weighted by atomic mass is 19.1. The summed E-state index contributed by atoms with van der Waals surface area (Å²) in [5, 5.41) is 18.4. The molecule has 0 spiro atoms. The number of hydrogen-bond acceptors (Lipinski definition) is 5. The van der Waals surface area contributed by atoms with Gasteiger partial charge in [0.15, 0.2) is 5.78 Å². The molecule has 1 atom stereocenters. The van der Waals surface area contributed by atoms with Gasteiger partial charge in [-0.25, -0.2) is 9.07 Å². The summed E-state index contributed by atoms with van der Waals surface area (Å²) in [5.74, 6) is -1.38. The van der Waals surface area contributed by atoms with Gasteiger partial charge >= 0.3 is 0 Å². The van der Waals surface area contributed by atoms with Crippen molar-refractivity contribution in [2.45, 2.75) is 56.9 Å². The number of alkyl halides is 1. The third-order valence-electron chi connectivity index (χ3n) is 7.56. The molecule has 1 saturated heterocycles. The lowest BCUT2D eigenvalue weighted by atomic mass is 9.76. The fourth-order valence-corrected chi connectivity index (χ4v) is 5.47. The quantitative estimate of drug-likeness (QED) is 0.384. The lowest BCUT2D eigenvalue weighted by Gasteiger charge is -2.40. The minimum Gasteiger partial charge on any atom is -0.395 e. The van der Waals surface area contributed by atoms with Gasteiger partial charge < -0.3 is 10.4 Å². The molecule has 1 aromatic heterocycles. The number of rotatable bonds is 5. The van der Waals surface area contributed by atoms with Crippen molar-refractivity contribution in [3.05, 3.63) is 72.0 Å². The van der Waals surface area contributed by atoms with Crippen molar-refractivity contribution in [3.8, 4) is 0 Å². The fraction of sp³-hybridized carbons (Fsp3) is 0.481. The molecule has 1 aliphatic carbocycles. The molecule has 0 bridgehead atoms. The number of carbonyl (C=O) groups excluding carboxylic acids is 1. The van der Waals surface area contributed by atoms with Crippen LogP contribution in [0.15, 0.2) is 60.8 Å². The molecule has 34 heavy (non-hydrogen) atoms. The Morgan fingerprint density at radius 2 is 1.79 bits per heavy atom. The van der Waals surface area contributed by atoms with E-state index in [0.717, 1.165) is 31.2 Å². The van der Waals surface area contributed by atoms with Gasteiger partial charge in [-0.05, 0) is 50.8 Å². The zero-order chi connectivity index (χ0) is 24.0. The van der Waals surface area contributed by atoms with Crippen molar-refractivity contribution >= 4 is 11.6 Å². The topological polar surface area (TPSA) is 70.4 Å². The Hall–Kier alpha value is -2.77. The van der Waals surface area contributed by atoms with E-state index < -0.39 is 17.8 Å². The van der Waals surface area contributed by atoms with Crippen LogP contribution in [0.1, 0.15) is 61.5 Å². The molecule has 2 N–H and O–H groups in total. The number of aliphatic hydroxyl groups excluding tert-OH is 1. The SMILES string of the molecule is CC1(C)CC(c2ccccc2)Nc2c(C(=O)C3(CO)C=CC(F)(N4CCCCC4)C=C3)cnn21. The number of anilines is 1. The van der Waals surface area contributed by atoms with E-state index in [2.05, 4.69) is 36.4 Å². The molecule has 5 rings (SSSR count). The van der Waals surface area contributed by atoms with Crippen LogP contribution < -0.4 is 5.32 Å². The van der Waals surface area contributed by atoms with E-state index in [9.17, 15) is 9.90 Å². The Kier molecular flexibility index (Phi) is 5.73. The third kappa shape index (κ3) is 3.81. The van der Waals surface area contributed by atoms with Crippen LogP contribution in [0.25, 0.3) is 0 Å². The van der Waals surface area contributed by atoms with E-state index >= 15 is 4.39 Å². The Bertz CT molecular complexity index is 1100. The van der Waals surface area contributed by atoms with Crippen molar-refractivity contribution in [3.63, 3.8) is 0 Å². The molecule has 0 amide bonds. The number of aromatic nitrogens is 2. The number of hydrogen-bond donors (Lipinski definition) is 2. The zero-order valence-electron chi connectivity index (χ0n) is 19.9. The Labute approximate surface area is 200 Å². The molecule has 180 valence electrons. The largest absolute Gasteiger partial charge is 0.395 e. The van der Waals surface area contributed by atoms with Crippen molar-refractivity contribution in [1.82, 2.24) is 14.7 Å². The zero-order valence-corrected chi connectivity index (χ0v) is 19.9. The maximum absolute atomic E-state index is 15.7. The van der Waals surface area contributed by atoms with E-state index in [0.29, 0.717) is 24.5 Å². The van der Waals surface area contributed by atoms with Crippen LogP contribution in [0.2, 0.25) is 0 Å². The molecule has 7 heteroatoms. The molecule has 0 radical (unpaired) electrons. The Morgan fingerprint density at radius 1 is 1.12 bits per heavy atom. The van der Waals surface area contributed by atoms with Crippen molar-refractivity contribution in [2.75, 3.05) is 25.0 Å². The monoisotopic (exact) mass is 464 g/mol. The fourth-order valence-electron chi connectivity index (χ4n) is 5.47. The summed E-state index contributed by atoms with van der Waals surface area (Å²) in [6.45, 7) is 5.13. The number of carbonyl (C=O) groups is 1. The molecule has 6 nitrogen and oxygen atoms in total. The first-order valence-electron chi connectivity index (χ1n) is 12.2. The number of fused-ring (bicyclic) bond motifs is 1. The van der Waals surface area contributed by atoms with Gasteiger partial charge in [0, 0.05) is 13.1 Å². The number of benzene rings is 1. The van der Waals surface area contributed by atoms with Gasteiger partial charge in [0.2, 0.25) is 5.79 Å². The van der Waals surface area contributed by atoms with Crippen LogP contribution >= 0.6 is 0 Å². The predicted octanol–water partition coefficient (Wildman–Crippen LogP) is 4.61. The number of halogens is 1. The smallest absolute Gasteiger partial charge is 0.201 e. The lowest BCUT2D eigenvalue weighted by Crippen LogP contribution is -2.48. The molecule has 0 saturated carbocycles. The molecule has 3 heterocycles. The van der Waals surface area contributed by atoms with Gasteiger partial charge in [-0.1, -0.05) is 48.9 Å². The highest BCUT2D eigenvalue weighted by Gasteiger charge is 2.45. The summed E-state index contributed by atoms with van der Waals surface area (Å²) in [5.41, 5.74) is -0.0886. The van der Waals surface area contributed by atoms with Crippen LogP contribution in [-0.4, -0.2) is 51.1 Å². The molecule has 2 aromatic rings. The van der Waals surface area contributed by atoms with Gasteiger partial charge in [0.25, 0.3) is 0 Å². The van der Waals surface area contributed by atoms with Crippen LogP contribution in [0.5, 0.6) is 0 Å². The van der Waals surface area contributed by atoms with Gasteiger partial charge in [-0.2, -0.15) is 5.10 Å². The number of aliphatic hydroxyl groups is 1. The van der Waals surface area contributed by atoms with E-state index in [-0.39, 0.29) is 17.4 Å². The first-order chi connectivity index (χ1) is 16.3. The van der Waals surface area contributed by atoms with E-state index in [1.807, 2.05) is 22.9 Å². The average Bonchev–Trinajstić information content (AvgIpc) is 3.30. The number of likely N-dealkylation sites (tertiary alicyclic amines) is 1. The number of nitrogens with zero attached hydrogens (tertiary/aromatic N) is 3. The normalized spacial score (nSPS) is 30.5. The molecule has 1 aromatic carbocycles. The highest BCUT2D eigenvalue weighted by Crippen LogP contribution is 2.43. The summed E-state index contributed by atoms with van der Waals surface area (Å²) >= 11 is 0. The van der Waals surface area contributed by atoms with Crippen LogP contribution in [0, 0.1) is 5.41 Å². The van der Waals surface area contributed by atoms with E-state index in [1.54, 1.807) is 11.1 Å². The standard InChI is InChI=1S/C27H33FN4O2/c1-25(2)17-22(20-9-5-3-6-10-20)30-24-21(18-29-32(24)25)23(34)26(19-33)11-13-27(28,14-12-26)31-15-7-4-8-16-31/h3,5-6,9-14,18,22,30,33H,4,7-8,15-17,19H2,1-2H3. The number of ketones is 1. The number of nitrogens with one attached hydrogen (secondary N) is 1. The summed E-state index contributed by atoms with van der Waals surface area (Å²) in [4.78, 5) is 15.6. The highest BCUT2D eigenvalue weighted by molar-refractivity contribution is 6.07. The Balaban J connectivity index is 1.46. The summed E-state index contributed by atoms with van der Waals surface area (Å²) < 4.78 is 17.5. The molecule has 2 aliphatic heterocycles. The average molecular weight is 465 g/mol. The second kappa shape index (κ2) is 8.47. The molecule has 1 fully saturated rings. The van der Waals surface area contributed by atoms with E-state index in [4.69, 9.17) is 0 Å². The molecular weight excluding hydrogens is 431 g/mol. The van der Waals surface area contributed by atoms with E-state index in [1.165, 1.54) is 24.3 Å². The molecule has 3 aliphatic rings. The third-order valence-corrected chi connectivity index (χ3v) is 7.56. The first kappa shape index (κ1) is 23.0. The maximum atomic E-state index is 15.7. The molecule has 1 unspecified atom stereocenters. The van der Waals surface area contributed by atoms with Crippen LogP contribution in [0.4, 0.5) is 10.2 Å². The second-order valence-corrected chi connectivity index (χ2v) is 10.4. The summed E-state index contributed by atoms with van der Waals surface area (Å²) in [7, 11) is 0. The summed E-state index contributed by atoms with van der Waals surface area (Å²) in [6, 6.07) is 10.2. The maximum Gasteiger partial charge on any atom is 0.201 e. The van der Waals surface area contributed by atoms with Gasteiger partial charge in [-0.15, -0.1) is 0 Å². The van der Waals surface area contributed by atoms with Gasteiger partial charge in [-0.3, -0.25) is 9.69 Å². The first-order valence-corrected chi connectivity index (χ1v) is 12.2. The lowest BCUT2D eigenvalue weighted by molar-refractivity contribution is 0.0308. The number of Topliss-reactive ketones (excluding diaryl/α,β-unsaturated/α-hetero) is 1. The van der Waals surface area contributed by atoms with Crippen molar-refractivity contribution in [2.24, 2.45) is 5.41 Å². The van der Waals surface area contributed by atoms with Gasteiger partial charge in [0.05, 0.1) is 35.4 Å². The van der Waals surface area contributed by atoms with Crippen LogP contribution in [0.3, 0.4) is 0 Å². The number of piperidine rings is 1. The minimum atomic E-state index is -1.73.